The quantitative estimate of drug-likeness (QED) is 0.426. The number of anilines is 2. The zero-order chi connectivity index (χ0) is 19.8. The summed E-state index contributed by atoms with van der Waals surface area (Å²) in [6.07, 6.45) is 1.39. The van der Waals surface area contributed by atoms with Crippen LogP contribution in [-0.4, -0.2) is 37.3 Å². The maximum atomic E-state index is 10.1. The van der Waals surface area contributed by atoms with Gasteiger partial charge in [-0.15, -0.1) is 0 Å². The van der Waals surface area contributed by atoms with Crippen molar-refractivity contribution < 1.29 is 9.84 Å². The van der Waals surface area contributed by atoms with Crippen LogP contribution in [0.2, 0.25) is 0 Å². The summed E-state index contributed by atoms with van der Waals surface area (Å²) in [4.78, 5) is 13.0. The van der Waals surface area contributed by atoms with Crippen LogP contribution >= 0.6 is 0 Å². The van der Waals surface area contributed by atoms with Gasteiger partial charge in [-0.3, -0.25) is 5.10 Å². The van der Waals surface area contributed by atoms with Gasteiger partial charge in [0.25, 0.3) is 0 Å². The first kappa shape index (κ1) is 17.5. The maximum Gasteiger partial charge on any atom is 0.233 e. The molecule has 0 amide bonds. The number of aromatic nitrogens is 5. The summed E-state index contributed by atoms with van der Waals surface area (Å²) in [5.74, 6) is 1.84. The number of aromatic hydroxyl groups is 1. The fraction of sp³-hybridized carbons (Fsp3) is 0.158. The standard InChI is InChI=1S/C19H19N7O2/c1-9-4-5-14(27)10(2)17(9)28-19-16-13(22-8-23-18(16)20)6-11(24-19)12-7-15(21-3)26-25-12/h4-8,27H,1-3H3,(H2,20,22,23)(H2,21,25,26). The van der Waals surface area contributed by atoms with E-state index in [1.807, 2.05) is 13.0 Å². The summed E-state index contributed by atoms with van der Waals surface area (Å²) in [5.41, 5.74) is 9.41. The first-order chi connectivity index (χ1) is 13.5. The lowest BCUT2D eigenvalue weighted by atomic mass is 10.1. The van der Waals surface area contributed by atoms with Gasteiger partial charge in [0.05, 0.1) is 16.9 Å². The minimum absolute atomic E-state index is 0.137. The van der Waals surface area contributed by atoms with Crippen molar-refractivity contribution in [3.8, 4) is 28.8 Å². The second-order valence-corrected chi connectivity index (χ2v) is 6.34. The Hall–Kier alpha value is -3.88. The van der Waals surface area contributed by atoms with Crippen molar-refractivity contribution in [3.05, 3.63) is 41.7 Å². The number of rotatable bonds is 4. The second kappa shape index (κ2) is 6.69. The monoisotopic (exact) mass is 377 g/mol. The molecule has 4 aromatic rings. The minimum atomic E-state index is 0.137. The molecule has 3 aromatic heterocycles. The predicted octanol–water partition coefficient (Wildman–Crippen LogP) is 3.15. The molecule has 0 aliphatic heterocycles. The molecule has 9 nitrogen and oxygen atoms in total. The molecule has 0 unspecified atom stereocenters. The van der Waals surface area contributed by atoms with E-state index in [0.717, 1.165) is 5.56 Å². The van der Waals surface area contributed by atoms with Crippen LogP contribution in [0, 0.1) is 13.8 Å². The van der Waals surface area contributed by atoms with Gasteiger partial charge in [0, 0.05) is 18.7 Å². The molecule has 0 radical (unpaired) electrons. The summed E-state index contributed by atoms with van der Waals surface area (Å²) >= 11 is 0. The molecule has 0 saturated carbocycles. The van der Waals surface area contributed by atoms with Crippen LogP contribution < -0.4 is 15.8 Å². The molecule has 1 aromatic carbocycles. The second-order valence-electron chi connectivity index (χ2n) is 6.34. The molecule has 3 heterocycles. The number of ether oxygens (including phenoxy) is 1. The number of nitrogens with two attached hydrogens (primary N) is 1. The zero-order valence-corrected chi connectivity index (χ0v) is 15.6. The number of H-pyrrole nitrogens is 1. The Labute approximate surface area is 160 Å². The Morgan fingerprint density at radius 3 is 2.75 bits per heavy atom. The highest BCUT2D eigenvalue weighted by atomic mass is 16.5. The first-order valence-electron chi connectivity index (χ1n) is 8.59. The van der Waals surface area contributed by atoms with Crippen LogP contribution in [0.25, 0.3) is 22.3 Å². The van der Waals surface area contributed by atoms with E-state index in [1.54, 1.807) is 32.2 Å². The Morgan fingerprint density at radius 2 is 2.00 bits per heavy atom. The SMILES string of the molecule is CNc1cc(-c2cc3ncnc(N)c3c(Oc3c(C)ccc(O)c3C)n2)[nH]n1. The summed E-state index contributed by atoms with van der Waals surface area (Å²) in [5, 5.41) is 20.6. The van der Waals surface area contributed by atoms with Crippen molar-refractivity contribution in [2.24, 2.45) is 0 Å². The lowest BCUT2D eigenvalue weighted by Gasteiger charge is -2.15. The highest BCUT2D eigenvalue weighted by Gasteiger charge is 2.18. The number of benzene rings is 1. The molecular formula is C19H19N7O2. The van der Waals surface area contributed by atoms with Crippen LogP contribution in [0.4, 0.5) is 11.6 Å². The van der Waals surface area contributed by atoms with Crippen molar-refractivity contribution in [2.45, 2.75) is 13.8 Å². The fourth-order valence-corrected chi connectivity index (χ4v) is 2.93. The molecule has 0 saturated heterocycles. The number of phenols is 1. The number of nitrogen functional groups attached to an aromatic ring is 1. The van der Waals surface area contributed by atoms with E-state index in [4.69, 9.17) is 10.5 Å². The molecule has 0 aliphatic rings. The van der Waals surface area contributed by atoms with Crippen LogP contribution in [0.15, 0.2) is 30.6 Å². The average molecular weight is 377 g/mol. The number of hydrogen-bond donors (Lipinski definition) is 4. The number of phenolic OH excluding ortho intramolecular Hbond substituents is 1. The van der Waals surface area contributed by atoms with Gasteiger partial charge in [-0.25, -0.2) is 15.0 Å². The number of hydrogen-bond acceptors (Lipinski definition) is 8. The number of pyridine rings is 1. The summed E-state index contributed by atoms with van der Waals surface area (Å²) < 4.78 is 6.13. The van der Waals surface area contributed by atoms with Gasteiger partial charge in [0.1, 0.15) is 34.8 Å². The zero-order valence-electron chi connectivity index (χ0n) is 15.6. The molecular weight excluding hydrogens is 358 g/mol. The van der Waals surface area contributed by atoms with Crippen LogP contribution in [0.1, 0.15) is 11.1 Å². The largest absolute Gasteiger partial charge is 0.508 e. The molecule has 142 valence electrons. The van der Waals surface area contributed by atoms with Gasteiger partial charge in [-0.1, -0.05) is 6.07 Å². The number of aromatic amines is 1. The van der Waals surface area contributed by atoms with E-state index in [9.17, 15) is 5.11 Å². The minimum Gasteiger partial charge on any atom is -0.508 e. The van der Waals surface area contributed by atoms with Gasteiger partial charge in [-0.05, 0) is 31.5 Å². The van der Waals surface area contributed by atoms with Crippen LogP contribution in [0.3, 0.4) is 0 Å². The van der Waals surface area contributed by atoms with Gasteiger partial charge in [0.2, 0.25) is 5.88 Å². The lowest BCUT2D eigenvalue weighted by Crippen LogP contribution is -2.01. The van der Waals surface area contributed by atoms with Crippen molar-refractivity contribution in [1.29, 1.82) is 0 Å². The molecule has 0 aliphatic carbocycles. The Bertz CT molecular complexity index is 1190. The molecule has 0 atom stereocenters. The topological polar surface area (TPSA) is 135 Å². The maximum absolute atomic E-state index is 10.1. The number of nitrogens with one attached hydrogen (secondary N) is 2. The molecule has 0 bridgehead atoms. The predicted molar refractivity (Wildman–Crippen MR) is 107 cm³/mol. The Morgan fingerprint density at radius 1 is 1.18 bits per heavy atom. The Balaban J connectivity index is 1.92. The number of aryl methyl sites for hydroxylation is 1. The number of nitrogens with zero attached hydrogens (tertiary/aromatic N) is 4. The smallest absolute Gasteiger partial charge is 0.233 e. The normalized spacial score (nSPS) is 11.0. The van der Waals surface area contributed by atoms with Crippen molar-refractivity contribution in [3.63, 3.8) is 0 Å². The molecule has 9 heteroatoms. The summed E-state index contributed by atoms with van der Waals surface area (Å²) in [6, 6.07) is 7.02. The first-order valence-corrected chi connectivity index (χ1v) is 8.59. The van der Waals surface area contributed by atoms with Crippen molar-refractivity contribution in [2.75, 3.05) is 18.1 Å². The number of fused-ring (bicyclic) bond motifs is 1. The highest BCUT2D eigenvalue weighted by molar-refractivity contribution is 5.94. The highest BCUT2D eigenvalue weighted by Crippen LogP contribution is 2.38. The molecule has 4 rings (SSSR count). The van der Waals surface area contributed by atoms with Gasteiger partial charge < -0.3 is 20.9 Å². The van der Waals surface area contributed by atoms with Crippen LogP contribution in [0.5, 0.6) is 17.4 Å². The Kier molecular flexibility index (Phi) is 4.19. The third kappa shape index (κ3) is 2.92. The fourth-order valence-electron chi connectivity index (χ4n) is 2.93. The van der Waals surface area contributed by atoms with Gasteiger partial charge in [-0.2, -0.15) is 5.10 Å². The van der Waals surface area contributed by atoms with E-state index in [-0.39, 0.29) is 17.4 Å². The lowest BCUT2D eigenvalue weighted by molar-refractivity contribution is 0.440. The average Bonchev–Trinajstić information content (AvgIpc) is 3.17. The molecule has 0 spiro atoms. The molecule has 5 N–H and O–H groups in total. The van der Waals surface area contributed by atoms with E-state index in [1.165, 1.54) is 6.33 Å². The van der Waals surface area contributed by atoms with Crippen molar-refractivity contribution >= 4 is 22.5 Å². The molecule has 0 fully saturated rings. The third-order valence-corrected chi connectivity index (χ3v) is 4.50. The summed E-state index contributed by atoms with van der Waals surface area (Å²) in [6.45, 7) is 3.67. The van der Waals surface area contributed by atoms with Crippen molar-refractivity contribution in [1.82, 2.24) is 25.1 Å². The van der Waals surface area contributed by atoms with E-state index >= 15 is 0 Å². The molecule has 28 heavy (non-hydrogen) atoms. The van der Waals surface area contributed by atoms with Gasteiger partial charge in [0.15, 0.2) is 0 Å². The van der Waals surface area contributed by atoms with Crippen LogP contribution in [-0.2, 0) is 0 Å². The van der Waals surface area contributed by atoms with E-state index < -0.39 is 0 Å². The van der Waals surface area contributed by atoms with E-state index in [0.29, 0.717) is 39.4 Å². The summed E-state index contributed by atoms with van der Waals surface area (Å²) in [7, 11) is 1.78. The van der Waals surface area contributed by atoms with E-state index in [2.05, 4.69) is 30.5 Å². The third-order valence-electron chi connectivity index (χ3n) is 4.50. The van der Waals surface area contributed by atoms with Gasteiger partial charge >= 0.3 is 0 Å².